The summed E-state index contributed by atoms with van der Waals surface area (Å²) in [5.74, 6) is -0.213. The molecule has 13 heavy (non-hydrogen) atoms. The second-order valence-corrected chi connectivity index (χ2v) is 3.08. The Hall–Kier alpha value is -1.33. The average molecular weight is 174 g/mol. The van der Waals surface area contributed by atoms with Gasteiger partial charge >= 0.3 is 0 Å². The predicted octanol–water partition coefficient (Wildman–Crippen LogP) is 1.78. The van der Waals surface area contributed by atoms with E-state index in [1.807, 2.05) is 19.1 Å². The molecule has 2 nitrogen and oxygen atoms in total. The van der Waals surface area contributed by atoms with E-state index in [1.165, 1.54) is 0 Å². The average Bonchev–Trinajstić information content (AvgIpc) is 2.16. The number of hydrogen-bond donors (Lipinski definition) is 1. The minimum atomic E-state index is -0.213. The van der Waals surface area contributed by atoms with Crippen LogP contribution >= 0.6 is 0 Å². The van der Waals surface area contributed by atoms with Crippen molar-refractivity contribution in [3.8, 4) is 6.07 Å². The fourth-order valence-electron chi connectivity index (χ4n) is 1.22. The Kier molecular flexibility index (Phi) is 3.05. The van der Waals surface area contributed by atoms with Crippen molar-refractivity contribution >= 4 is 0 Å². The molecule has 1 unspecified atom stereocenters. The lowest BCUT2D eigenvalue weighted by atomic mass is 9.95. The van der Waals surface area contributed by atoms with Gasteiger partial charge in [-0.05, 0) is 25.5 Å². The highest BCUT2D eigenvalue weighted by Gasteiger charge is 2.09. The maximum absolute atomic E-state index is 8.93. The number of benzene rings is 1. The summed E-state index contributed by atoms with van der Waals surface area (Å²) < 4.78 is 0. The molecule has 0 spiro atoms. The van der Waals surface area contributed by atoms with Crippen molar-refractivity contribution in [3.63, 3.8) is 0 Å². The van der Waals surface area contributed by atoms with Crippen LogP contribution in [0.2, 0.25) is 0 Å². The van der Waals surface area contributed by atoms with Gasteiger partial charge in [0, 0.05) is 12.5 Å². The molecule has 0 fully saturated rings. The van der Waals surface area contributed by atoms with Crippen LogP contribution in [0.25, 0.3) is 0 Å². The molecule has 0 saturated heterocycles. The van der Waals surface area contributed by atoms with Gasteiger partial charge in [-0.15, -0.1) is 0 Å². The Labute approximate surface area is 78.4 Å². The molecule has 0 saturated carbocycles. The highest BCUT2D eigenvalue weighted by Crippen LogP contribution is 2.19. The van der Waals surface area contributed by atoms with Crippen LogP contribution in [0.1, 0.15) is 22.6 Å². The van der Waals surface area contributed by atoms with Crippen molar-refractivity contribution in [1.29, 1.82) is 5.26 Å². The van der Waals surface area contributed by atoms with Crippen LogP contribution in [0, 0.1) is 25.2 Å². The molecule has 0 aliphatic heterocycles. The third kappa shape index (κ3) is 2.07. The van der Waals surface area contributed by atoms with Crippen LogP contribution in [0.15, 0.2) is 18.2 Å². The van der Waals surface area contributed by atoms with E-state index in [4.69, 9.17) is 10.4 Å². The monoisotopic (exact) mass is 174 g/mol. The highest BCUT2D eigenvalue weighted by molar-refractivity contribution is 5.42. The molecule has 1 aromatic rings. The summed E-state index contributed by atoms with van der Waals surface area (Å²) in [5, 5.41) is 17.7. The highest BCUT2D eigenvalue weighted by atomic mass is 16.3. The van der Waals surface area contributed by atoms with Gasteiger partial charge in [0.25, 0.3) is 0 Å². The lowest BCUT2D eigenvalue weighted by Crippen LogP contribution is -2.02. The first-order valence-electron chi connectivity index (χ1n) is 4.13. The molecule has 1 atom stereocenters. The number of rotatable bonds is 2. The van der Waals surface area contributed by atoms with E-state index >= 15 is 0 Å². The molecule has 0 amide bonds. The molecular formula is C11H12NO. The fourth-order valence-corrected chi connectivity index (χ4v) is 1.22. The summed E-state index contributed by atoms with van der Waals surface area (Å²) >= 11 is 0. The molecule has 67 valence electrons. The van der Waals surface area contributed by atoms with Gasteiger partial charge in [0.05, 0.1) is 11.6 Å². The van der Waals surface area contributed by atoms with Crippen LogP contribution in [0.4, 0.5) is 0 Å². The molecule has 2 heteroatoms. The Morgan fingerprint density at radius 3 is 2.85 bits per heavy atom. The first kappa shape index (κ1) is 9.76. The summed E-state index contributed by atoms with van der Waals surface area (Å²) in [6.07, 6.45) is 0. The number of nitriles is 1. The lowest BCUT2D eigenvalue weighted by molar-refractivity contribution is 0.282. The summed E-state index contributed by atoms with van der Waals surface area (Å²) in [6, 6.07) is 7.63. The van der Waals surface area contributed by atoms with E-state index in [1.54, 1.807) is 6.07 Å². The maximum atomic E-state index is 8.93. The molecule has 1 N–H and O–H groups in total. The minimum absolute atomic E-state index is 0.0296. The summed E-state index contributed by atoms with van der Waals surface area (Å²) in [7, 11) is 0. The topological polar surface area (TPSA) is 44.0 Å². The summed E-state index contributed by atoms with van der Waals surface area (Å²) in [6.45, 7) is 5.70. The van der Waals surface area contributed by atoms with Gasteiger partial charge in [-0.25, -0.2) is 0 Å². The molecule has 1 rings (SSSR count). The normalized spacial score (nSPS) is 12.2. The molecule has 1 aromatic carbocycles. The number of aliphatic hydroxyl groups is 1. The first-order valence-corrected chi connectivity index (χ1v) is 4.13. The van der Waals surface area contributed by atoms with Gasteiger partial charge in [0.2, 0.25) is 0 Å². The summed E-state index contributed by atoms with van der Waals surface area (Å²) in [4.78, 5) is 0. The van der Waals surface area contributed by atoms with E-state index in [0.29, 0.717) is 5.56 Å². The largest absolute Gasteiger partial charge is 0.396 e. The van der Waals surface area contributed by atoms with Crippen molar-refractivity contribution < 1.29 is 5.11 Å². The van der Waals surface area contributed by atoms with E-state index < -0.39 is 0 Å². The first-order chi connectivity index (χ1) is 6.19. The zero-order chi connectivity index (χ0) is 9.84. The van der Waals surface area contributed by atoms with Gasteiger partial charge in [-0.1, -0.05) is 17.7 Å². The lowest BCUT2D eigenvalue weighted by Gasteiger charge is -2.10. The van der Waals surface area contributed by atoms with E-state index in [-0.39, 0.29) is 12.5 Å². The molecular weight excluding hydrogens is 162 g/mol. The molecule has 0 aliphatic rings. The molecule has 0 bridgehead atoms. The van der Waals surface area contributed by atoms with Gasteiger partial charge in [0.1, 0.15) is 0 Å². The second kappa shape index (κ2) is 4.06. The fraction of sp³-hybridized carbons (Fsp3) is 0.273. The summed E-state index contributed by atoms with van der Waals surface area (Å²) in [5.41, 5.74) is 2.50. The number of nitrogens with zero attached hydrogens (tertiary/aromatic N) is 1. The Morgan fingerprint density at radius 1 is 1.62 bits per heavy atom. The van der Waals surface area contributed by atoms with Gasteiger partial charge < -0.3 is 5.11 Å². The van der Waals surface area contributed by atoms with Crippen molar-refractivity contribution in [1.82, 2.24) is 0 Å². The number of hydrogen-bond acceptors (Lipinski definition) is 2. The molecule has 1 radical (unpaired) electrons. The van der Waals surface area contributed by atoms with Crippen LogP contribution in [-0.4, -0.2) is 11.7 Å². The molecule has 0 heterocycles. The van der Waals surface area contributed by atoms with Crippen molar-refractivity contribution in [2.24, 2.45) is 0 Å². The van der Waals surface area contributed by atoms with Crippen molar-refractivity contribution in [2.75, 3.05) is 6.61 Å². The quantitative estimate of drug-likeness (QED) is 0.742. The zero-order valence-corrected chi connectivity index (χ0v) is 7.62. The Morgan fingerprint density at radius 2 is 2.31 bits per heavy atom. The number of aryl methyl sites for hydroxylation is 1. The van der Waals surface area contributed by atoms with Gasteiger partial charge in [0.15, 0.2) is 0 Å². The molecule has 0 aromatic heterocycles. The molecule has 0 aliphatic carbocycles. The van der Waals surface area contributed by atoms with Crippen LogP contribution in [0.3, 0.4) is 0 Å². The predicted molar refractivity (Wildman–Crippen MR) is 51.1 cm³/mol. The van der Waals surface area contributed by atoms with Gasteiger partial charge in [-0.2, -0.15) is 5.26 Å². The van der Waals surface area contributed by atoms with Crippen molar-refractivity contribution in [2.45, 2.75) is 12.8 Å². The van der Waals surface area contributed by atoms with Crippen LogP contribution in [0.5, 0.6) is 0 Å². The van der Waals surface area contributed by atoms with E-state index in [9.17, 15) is 0 Å². The van der Waals surface area contributed by atoms with Crippen LogP contribution < -0.4 is 0 Å². The smallest absolute Gasteiger partial charge is 0.0994 e. The second-order valence-electron chi connectivity index (χ2n) is 3.08. The zero-order valence-electron chi connectivity index (χ0n) is 7.62. The van der Waals surface area contributed by atoms with E-state index in [0.717, 1.165) is 11.1 Å². The third-order valence-corrected chi connectivity index (χ3v) is 1.99. The third-order valence-electron chi connectivity index (χ3n) is 1.99. The standard InChI is InChI=1S/C11H12NO/c1-8-3-4-10(6-12)11(5-8)9(2)7-13/h3-5,9,13H,2,7H2,1H3. The van der Waals surface area contributed by atoms with E-state index in [2.05, 4.69) is 13.0 Å². The minimum Gasteiger partial charge on any atom is -0.396 e. The number of aliphatic hydroxyl groups excluding tert-OH is 1. The SMILES string of the molecule is [CH2]C(CO)c1cc(C)ccc1C#N. The van der Waals surface area contributed by atoms with Crippen LogP contribution in [-0.2, 0) is 0 Å². The maximum Gasteiger partial charge on any atom is 0.0994 e. The Bertz CT molecular complexity index is 338. The van der Waals surface area contributed by atoms with Crippen molar-refractivity contribution in [3.05, 3.63) is 41.8 Å². The van der Waals surface area contributed by atoms with Gasteiger partial charge in [-0.3, -0.25) is 0 Å². The Balaban J connectivity index is 3.17.